The van der Waals surface area contributed by atoms with Crippen LogP contribution in [0.25, 0.3) is 0 Å². The molecule has 0 unspecified atom stereocenters. The molecule has 0 fully saturated rings. The second kappa shape index (κ2) is 3.24. The van der Waals surface area contributed by atoms with E-state index >= 15 is 0 Å². The Morgan fingerprint density at radius 3 is 2.73 bits per heavy atom. The Hall–Kier alpha value is -1.55. The van der Waals surface area contributed by atoms with E-state index in [4.69, 9.17) is 4.74 Å². The number of hydrogen-bond donors (Lipinski definition) is 2. The monoisotopic (exact) mass is 208 g/mol. The molecule has 1 heterocycles. The number of cyclic esters (lactones) is 1. The summed E-state index contributed by atoms with van der Waals surface area (Å²) in [6, 6.07) is 3.10. The second-order valence-electron chi connectivity index (χ2n) is 3.75. The highest BCUT2D eigenvalue weighted by molar-refractivity contribution is 5.95. The van der Waals surface area contributed by atoms with Gasteiger partial charge in [0.1, 0.15) is 23.5 Å². The summed E-state index contributed by atoms with van der Waals surface area (Å²) in [5.74, 6) is -0.726. The Morgan fingerprint density at radius 1 is 1.40 bits per heavy atom. The van der Waals surface area contributed by atoms with Crippen molar-refractivity contribution < 1.29 is 19.7 Å². The van der Waals surface area contributed by atoms with Gasteiger partial charge in [-0.3, -0.25) is 0 Å². The molecule has 4 heteroatoms. The molecule has 4 nitrogen and oxygen atoms in total. The summed E-state index contributed by atoms with van der Waals surface area (Å²) in [5.41, 5.74) is 1.33. The third kappa shape index (κ3) is 1.37. The Balaban J connectivity index is 2.70. The normalized spacial score (nSPS) is 24.6. The highest BCUT2D eigenvalue weighted by Gasteiger charge is 2.34. The molecule has 0 aromatic heterocycles. The van der Waals surface area contributed by atoms with Crippen molar-refractivity contribution in [3.8, 4) is 5.75 Å². The number of phenolic OH excluding ortho intramolecular Hbond substituents is 1. The van der Waals surface area contributed by atoms with Gasteiger partial charge in [0, 0.05) is 5.56 Å². The lowest BCUT2D eigenvalue weighted by Crippen LogP contribution is -2.30. The number of benzene rings is 1. The summed E-state index contributed by atoms with van der Waals surface area (Å²) in [6.07, 6.45) is -1.45. The number of rotatable bonds is 0. The van der Waals surface area contributed by atoms with E-state index in [1.54, 1.807) is 19.9 Å². The summed E-state index contributed by atoms with van der Waals surface area (Å²) in [7, 11) is 0. The smallest absolute Gasteiger partial charge is 0.342 e. The number of aliphatic hydroxyl groups is 1. The molecule has 0 radical (unpaired) electrons. The molecular formula is C11H12O4. The van der Waals surface area contributed by atoms with Crippen molar-refractivity contribution in [2.75, 3.05) is 0 Å². The van der Waals surface area contributed by atoms with Crippen LogP contribution in [0, 0.1) is 6.92 Å². The molecule has 0 saturated heterocycles. The van der Waals surface area contributed by atoms with Crippen LogP contribution in [0.2, 0.25) is 0 Å². The number of ether oxygens (including phenoxy) is 1. The third-order valence-electron chi connectivity index (χ3n) is 2.68. The van der Waals surface area contributed by atoms with E-state index in [1.807, 2.05) is 0 Å². The number of hydrogen-bond acceptors (Lipinski definition) is 4. The van der Waals surface area contributed by atoms with Gasteiger partial charge in [0.15, 0.2) is 0 Å². The van der Waals surface area contributed by atoms with Crippen molar-refractivity contribution in [3.05, 3.63) is 28.8 Å². The van der Waals surface area contributed by atoms with Gasteiger partial charge in [0.2, 0.25) is 0 Å². The van der Waals surface area contributed by atoms with Crippen LogP contribution < -0.4 is 0 Å². The highest BCUT2D eigenvalue weighted by atomic mass is 16.6. The maximum absolute atomic E-state index is 11.5. The lowest BCUT2D eigenvalue weighted by Gasteiger charge is -2.28. The zero-order chi connectivity index (χ0) is 11.2. The fraction of sp³-hybridized carbons (Fsp3) is 0.364. The molecule has 2 rings (SSSR count). The van der Waals surface area contributed by atoms with Crippen LogP contribution in [0.1, 0.15) is 34.5 Å². The van der Waals surface area contributed by atoms with E-state index in [0.717, 1.165) is 5.56 Å². The Bertz CT molecular complexity index is 425. The van der Waals surface area contributed by atoms with Gasteiger partial charge >= 0.3 is 5.97 Å². The number of esters is 1. The maximum Gasteiger partial charge on any atom is 0.342 e. The first-order chi connectivity index (χ1) is 7.02. The molecule has 0 saturated carbocycles. The largest absolute Gasteiger partial charge is 0.507 e. The fourth-order valence-electron chi connectivity index (χ4n) is 1.83. The van der Waals surface area contributed by atoms with Crippen LogP contribution in [0.3, 0.4) is 0 Å². The molecule has 2 atom stereocenters. The lowest BCUT2D eigenvalue weighted by atomic mass is 9.91. The Labute approximate surface area is 87.1 Å². The van der Waals surface area contributed by atoms with Gasteiger partial charge in [0.05, 0.1) is 0 Å². The minimum Gasteiger partial charge on any atom is -0.507 e. The second-order valence-corrected chi connectivity index (χ2v) is 3.75. The molecule has 0 aliphatic carbocycles. The molecule has 2 N–H and O–H groups in total. The molecule has 1 aliphatic rings. The summed E-state index contributed by atoms with van der Waals surface area (Å²) in [6.45, 7) is 3.40. The summed E-state index contributed by atoms with van der Waals surface area (Å²) >= 11 is 0. The first-order valence-electron chi connectivity index (χ1n) is 4.74. The van der Waals surface area contributed by atoms with Crippen LogP contribution in [0.4, 0.5) is 0 Å². The molecule has 1 aromatic carbocycles. The highest BCUT2D eigenvalue weighted by Crippen LogP contribution is 2.36. The first-order valence-corrected chi connectivity index (χ1v) is 4.74. The number of fused-ring (bicyclic) bond motifs is 1. The predicted octanol–water partition coefficient (Wildman–Crippen LogP) is 1.29. The minimum absolute atomic E-state index is 0.0839. The molecule has 0 amide bonds. The zero-order valence-electron chi connectivity index (χ0n) is 8.52. The number of aryl methyl sites for hydroxylation is 1. The fourth-order valence-corrected chi connectivity index (χ4v) is 1.83. The van der Waals surface area contributed by atoms with Crippen molar-refractivity contribution in [1.29, 1.82) is 0 Å². The van der Waals surface area contributed by atoms with Crippen molar-refractivity contribution in [2.24, 2.45) is 0 Å². The standard InChI is InChI=1S/C11H12O4/c1-5-3-4-7(12)9-8(5)10(13)6(2)15-11(9)14/h3-4,6,10,12-13H,1-2H3/t6-,10-/m1/s1. The predicted molar refractivity (Wildman–Crippen MR) is 52.7 cm³/mol. The molecule has 1 aromatic rings. The van der Waals surface area contributed by atoms with E-state index in [9.17, 15) is 15.0 Å². The molecular weight excluding hydrogens is 196 g/mol. The number of carbonyl (C=O) groups excluding carboxylic acids is 1. The van der Waals surface area contributed by atoms with Gasteiger partial charge in [-0.2, -0.15) is 0 Å². The topological polar surface area (TPSA) is 66.8 Å². The number of aromatic hydroxyl groups is 1. The van der Waals surface area contributed by atoms with E-state index < -0.39 is 18.2 Å². The molecule has 0 spiro atoms. The molecule has 1 aliphatic heterocycles. The SMILES string of the molecule is Cc1ccc(O)c2c1[C@H](O)[C@@H](C)OC2=O. The van der Waals surface area contributed by atoms with Crippen molar-refractivity contribution in [2.45, 2.75) is 26.1 Å². The minimum atomic E-state index is -0.871. The summed E-state index contributed by atoms with van der Waals surface area (Å²) in [5, 5.41) is 19.4. The third-order valence-corrected chi connectivity index (χ3v) is 2.68. The van der Waals surface area contributed by atoms with Gasteiger partial charge in [-0.25, -0.2) is 4.79 Å². The Morgan fingerprint density at radius 2 is 2.07 bits per heavy atom. The van der Waals surface area contributed by atoms with Crippen LogP contribution in [-0.4, -0.2) is 22.3 Å². The van der Waals surface area contributed by atoms with Crippen molar-refractivity contribution >= 4 is 5.97 Å². The lowest BCUT2D eigenvalue weighted by molar-refractivity contribution is -0.0219. The molecule has 15 heavy (non-hydrogen) atoms. The first kappa shape index (κ1) is 9.98. The number of aliphatic hydroxyl groups excluding tert-OH is 1. The van der Waals surface area contributed by atoms with Crippen LogP contribution >= 0.6 is 0 Å². The number of carbonyl (C=O) groups is 1. The van der Waals surface area contributed by atoms with Gasteiger partial charge < -0.3 is 14.9 Å². The number of phenols is 1. The van der Waals surface area contributed by atoms with Crippen molar-refractivity contribution in [1.82, 2.24) is 0 Å². The molecule has 80 valence electrons. The van der Waals surface area contributed by atoms with Crippen LogP contribution in [0.15, 0.2) is 12.1 Å². The van der Waals surface area contributed by atoms with E-state index in [2.05, 4.69) is 0 Å². The van der Waals surface area contributed by atoms with Gasteiger partial charge in [-0.05, 0) is 25.5 Å². The average Bonchev–Trinajstić information content (AvgIpc) is 2.18. The van der Waals surface area contributed by atoms with Gasteiger partial charge in [-0.15, -0.1) is 0 Å². The van der Waals surface area contributed by atoms with Gasteiger partial charge in [0.25, 0.3) is 0 Å². The van der Waals surface area contributed by atoms with E-state index in [-0.39, 0.29) is 11.3 Å². The maximum atomic E-state index is 11.5. The van der Waals surface area contributed by atoms with E-state index in [0.29, 0.717) is 5.56 Å². The average molecular weight is 208 g/mol. The molecule has 0 bridgehead atoms. The zero-order valence-corrected chi connectivity index (χ0v) is 8.52. The van der Waals surface area contributed by atoms with Crippen LogP contribution in [-0.2, 0) is 4.74 Å². The van der Waals surface area contributed by atoms with Crippen molar-refractivity contribution in [3.63, 3.8) is 0 Å². The summed E-state index contributed by atoms with van der Waals surface area (Å²) in [4.78, 5) is 11.5. The Kier molecular flexibility index (Phi) is 2.16. The van der Waals surface area contributed by atoms with Crippen LogP contribution in [0.5, 0.6) is 5.75 Å². The summed E-state index contributed by atoms with van der Waals surface area (Å²) < 4.78 is 4.91. The quantitative estimate of drug-likeness (QED) is 0.630. The van der Waals surface area contributed by atoms with Gasteiger partial charge in [-0.1, -0.05) is 6.07 Å². The van der Waals surface area contributed by atoms with E-state index in [1.165, 1.54) is 6.07 Å².